The van der Waals surface area contributed by atoms with E-state index < -0.39 is 145 Å². The van der Waals surface area contributed by atoms with Crippen LogP contribution in [0, 0.1) is 0 Å². The number of carbonyl (C=O) groups excluding carboxylic acids is 11. The number of nitrogens with two attached hydrogens (primary N) is 2. The third-order valence-corrected chi connectivity index (χ3v) is 15.7. The Balaban J connectivity index is 1.01. The molecule has 4 aromatic heterocycles. The van der Waals surface area contributed by atoms with Crippen molar-refractivity contribution in [2.75, 3.05) is 26.2 Å². The summed E-state index contributed by atoms with van der Waals surface area (Å²) in [5.41, 5.74) is 14.1. The summed E-state index contributed by atoms with van der Waals surface area (Å²) in [5.74, 6) is -10.9. The molecule has 11 amide bonds. The van der Waals surface area contributed by atoms with Gasteiger partial charge in [-0.3, -0.25) is 57.5 Å². The SMILES string of the molecule is NCCCCC(NC(=O)C(Cc1c[nH]c2ccccc12)NC(=O)C(CC(=O)O)NC(=O)C(Cc1cnc[nH]1)NC(=O)C(CO)NC(=O)C(Cc1c[nH]c2ccccc12)NC(=O)C(Cc1cnc[nH]1)NC(=O)C1CCC(=O)N1)C(=O)N1CCCC1C(=O)NCC(N)=O. The number of aliphatic hydroxyl groups excluding tert-OH is 1. The van der Waals surface area contributed by atoms with Gasteiger partial charge in [0, 0.05) is 96.6 Å². The van der Waals surface area contributed by atoms with Crippen LogP contribution >= 0.6 is 0 Å². The molecule has 2 aromatic carbocycles. The summed E-state index contributed by atoms with van der Waals surface area (Å²) in [6, 6.07) is 0.988. The molecule has 6 aromatic rings. The maximum Gasteiger partial charge on any atom is 0.305 e. The number of aromatic amines is 4. The molecule has 484 valence electrons. The van der Waals surface area contributed by atoms with Gasteiger partial charge in [0.15, 0.2) is 0 Å². The second kappa shape index (κ2) is 31.6. The van der Waals surface area contributed by atoms with Gasteiger partial charge in [0.1, 0.15) is 54.4 Å². The second-order valence-corrected chi connectivity index (χ2v) is 22.2. The van der Waals surface area contributed by atoms with Crippen molar-refractivity contribution < 1.29 is 67.7 Å². The molecule has 0 radical (unpaired) electrons. The highest BCUT2D eigenvalue weighted by atomic mass is 16.4. The Bertz CT molecular complexity index is 3590. The third kappa shape index (κ3) is 18.1. The smallest absolute Gasteiger partial charge is 0.305 e. The Hall–Kier alpha value is -10.5. The Morgan fingerprint density at radius 1 is 0.604 bits per heavy atom. The summed E-state index contributed by atoms with van der Waals surface area (Å²) < 4.78 is 0. The largest absolute Gasteiger partial charge is 0.481 e. The van der Waals surface area contributed by atoms with Gasteiger partial charge in [0.25, 0.3) is 0 Å². The number of imidazole rings is 2. The summed E-state index contributed by atoms with van der Waals surface area (Å²) in [7, 11) is 0. The molecular formula is C59H74N18O14. The summed E-state index contributed by atoms with van der Waals surface area (Å²) >= 11 is 0. The lowest BCUT2D eigenvalue weighted by Crippen LogP contribution is -2.61. The molecule has 19 N–H and O–H groups in total. The Morgan fingerprint density at radius 3 is 1.59 bits per heavy atom. The molecule has 91 heavy (non-hydrogen) atoms. The quantitative estimate of drug-likeness (QED) is 0.0176. The van der Waals surface area contributed by atoms with E-state index in [1.807, 2.05) is 0 Å². The highest BCUT2D eigenvalue weighted by Crippen LogP contribution is 2.23. The Kier molecular flexibility index (Phi) is 23.1. The highest BCUT2D eigenvalue weighted by molar-refractivity contribution is 6.00. The van der Waals surface area contributed by atoms with Crippen molar-refractivity contribution in [1.82, 2.24) is 82.7 Å². The van der Waals surface area contributed by atoms with Gasteiger partial charge in [-0.1, -0.05) is 36.4 Å². The number of aliphatic carboxylic acids is 1. The zero-order valence-corrected chi connectivity index (χ0v) is 49.4. The number of unbranched alkanes of at least 4 members (excludes halogenated alkanes) is 1. The van der Waals surface area contributed by atoms with Crippen molar-refractivity contribution in [1.29, 1.82) is 0 Å². The second-order valence-electron chi connectivity index (χ2n) is 22.2. The number of aromatic nitrogens is 6. The minimum absolute atomic E-state index is 0.0461. The molecule has 2 aliphatic rings. The molecule has 32 nitrogen and oxygen atoms in total. The number of carboxylic acid groups (broad SMARTS) is 1. The van der Waals surface area contributed by atoms with Crippen LogP contribution in [0.25, 0.3) is 21.8 Å². The zero-order valence-electron chi connectivity index (χ0n) is 49.4. The summed E-state index contributed by atoms with van der Waals surface area (Å²) in [6.45, 7) is -1.17. The van der Waals surface area contributed by atoms with E-state index in [4.69, 9.17) is 11.5 Å². The lowest BCUT2D eigenvalue weighted by Gasteiger charge is -2.30. The summed E-state index contributed by atoms with van der Waals surface area (Å²) in [4.78, 5) is 185. The van der Waals surface area contributed by atoms with Gasteiger partial charge in [-0.05, 0) is 68.3 Å². The van der Waals surface area contributed by atoms with E-state index >= 15 is 0 Å². The highest BCUT2D eigenvalue weighted by Gasteiger charge is 2.40. The van der Waals surface area contributed by atoms with Crippen LogP contribution in [0.1, 0.15) is 73.9 Å². The molecule has 32 heteroatoms. The number of rotatable bonds is 33. The number of nitrogens with one attached hydrogen (secondary N) is 13. The number of hydrogen-bond donors (Lipinski definition) is 17. The summed E-state index contributed by atoms with van der Waals surface area (Å²) in [6.07, 6.45) is 8.31. The first-order valence-electron chi connectivity index (χ1n) is 29.6. The number of likely N-dealkylation sites (tertiary alicyclic amines) is 1. The molecule has 2 fully saturated rings. The van der Waals surface area contributed by atoms with Gasteiger partial charge < -0.3 is 94.4 Å². The number of para-hydroxylation sites is 2. The minimum Gasteiger partial charge on any atom is -0.481 e. The monoisotopic (exact) mass is 1260 g/mol. The van der Waals surface area contributed by atoms with Crippen LogP contribution < -0.4 is 59.3 Å². The number of hydrogen-bond acceptors (Lipinski definition) is 16. The predicted octanol–water partition coefficient (Wildman–Crippen LogP) is -3.77. The number of carboxylic acids is 1. The van der Waals surface area contributed by atoms with E-state index in [0.717, 1.165) is 0 Å². The molecule has 2 aliphatic heterocycles. The average molecular weight is 1260 g/mol. The first-order chi connectivity index (χ1) is 43.8. The van der Waals surface area contributed by atoms with Gasteiger partial charge in [-0.2, -0.15) is 0 Å². The fraction of sp³-hybridized carbons (Fsp3) is 0.424. The molecular weight excluding hydrogens is 1180 g/mol. The van der Waals surface area contributed by atoms with Crippen molar-refractivity contribution >= 4 is 92.8 Å². The number of H-pyrrole nitrogens is 4. The van der Waals surface area contributed by atoms with Crippen molar-refractivity contribution in [3.05, 3.63) is 108 Å². The number of nitrogens with zero attached hydrogens (tertiary/aromatic N) is 3. The van der Waals surface area contributed by atoms with E-state index in [2.05, 4.69) is 77.8 Å². The van der Waals surface area contributed by atoms with Crippen molar-refractivity contribution in [3.8, 4) is 0 Å². The molecule has 0 bridgehead atoms. The maximum absolute atomic E-state index is 14.7. The molecule has 9 unspecified atom stereocenters. The molecule has 0 spiro atoms. The topological polar surface area (TPSA) is 498 Å². The molecule has 6 heterocycles. The minimum atomic E-state index is -1.96. The number of amides is 11. The van der Waals surface area contributed by atoms with Crippen LogP contribution in [0.4, 0.5) is 0 Å². The van der Waals surface area contributed by atoms with Crippen LogP contribution in [0.2, 0.25) is 0 Å². The fourth-order valence-electron chi connectivity index (χ4n) is 11.0. The Labute approximate surface area is 519 Å². The predicted molar refractivity (Wildman–Crippen MR) is 322 cm³/mol. The first-order valence-corrected chi connectivity index (χ1v) is 29.6. The fourth-order valence-corrected chi connectivity index (χ4v) is 11.0. The number of aliphatic hydroxyl groups is 1. The molecule has 8 rings (SSSR count). The molecule has 0 aliphatic carbocycles. The number of primary amides is 1. The summed E-state index contributed by atoms with van der Waals surface area (Å²) in [5, 5.41) is 45.2. The first kappa shape index (κ1) is 66.5. The van der Waals surface area contributed by atoms with E-state index in [0.29, 0.717) is 57.9 Å². The van der Waals surface area contributed by atoms with Crippen LogP contribution in [0.15, 0.2) is 86.0 Å². The molecule has 2 saturated heterocycles. The normalized spacial score (nSPS) is 16.9. The van der Waals surface area contributed by atoms with E-state index in [9.17, 15) is 67.7 Å². The lowest BCUT2D eigenvalue weighted by atomic mass is 10.0. The zero-order chi connectivity index (χ0) is 65.1. The third-order valence-electron chi connectivity index (χ3n) is 15.7. The van der Waals surface area contributed by atoms with E-state index in [1.54, 1.807) is 60.9 Å². The van der Waals surface area contributed by atoms with E-state index in [-0.39, 0.29) is 69.6 Å². The average Bonchev–Trinajstić information content (AvgIpc) is 1.91. The maximum atomic E-state index is 14.7. The number of carbonyl (C=O) groups is 12. The standard InChI is InChI=1S/C59H74N18O14/c60-16-6-5-12-40(59(91)77-17-7-13-47(77)58(90)66-27-48(61)79)70-52(84)41(18-31-23-64-37-10-3-1-8-35(31)37)72-56(88)45(22-50(81)82)75-55(87)44(21-34-26-63-30-68-34)74-57(89)46(28-78)76-53(85)42(19-32-24-65-38-11-4-2-9-36(32)38)71-54(86)43(20-33-25-62-29-67-33)73-51(83)39-14-15-49(80)69-39/h1-4,8-11,23-26,29-30,39-47,64-65,78H,5-7,12-22,27-28,60H2,(H2,61,79)(H,62,67)(H,63,68)(H,66,90)(H,69,80)(H,70,84)(H,71,86)(H,72,88)(H,73,83)(H,74,89)(H,75,87)(H,76,85)(H,81,82). The number of benzene rings is 2. The van der Waals surface area contributed by atoms with Crippen molar-refractivity contribution in [3.63, 3.8) is 0 Å². The van der Waals surface area contributed by atoms with Gasteiger partial charge in [0.05, 0.1) is 32.2 Å². The van der Waals surface area contributed by atoms with Crippen LogP contribution in [-0.2, 0) is 83.2 Å². The van der Waals surface area contributed by atoms with Crippen molar-refractivity contribution in [2.24, 2.45) is 11.5 Å². The van der Waals surface area contributed by atoms with Crippen molar-refractivity contribution in [2.45, 2.75) is 131 Å². The van der Waals surface area contributed by atoms with Gasteiger partial charge in [-0.15, -0.1) is 0 Å². The number of fused-ring (bicyclic) bond motifs is 2. The molecule has 9 atom stereocenters. The van der Waals surface area contributed by atoms with Crippen LogP contribution in [-0.4, -0.2) is 197 Å². The van der Waals surface area contributed by atoms with E-state index in [1.165, 1.54) is 29.9 Å². The van der Waals surface area contributed by atoms with Gasteiger partial charge >= 0.3 is 5.97 Å². The Morgan fingerprint density at radius 2 is 1.10 bits per heavy atom. The lowest BCUT2D eigenvalue weighted by molar-refractivity contribution is -0.143. The van der Waals surface area contributed by atoms with Crippen LogP contribution in [0.5, 0.6) is 0 Å². The van der Waals surface area contributed by atoms with Gasteiger partial charge in [0.2, 0.25) is 65.0 Å². The molecule has 0 saturated carbocycles. The van der Waals surface area contributed by atoms with Gasteiger partial charge in [-0.25, -0.2) is 9.97 Å². The van der Waals surface area contributed by atoms with Crippen LogP contribution in [0.3, 0.4) is 0 Å².